The Hall–Kier alpha value is -3.51. The fraction of sp³-hybridized carbons (Fsp3) is 0.0556. The topological polar surface area (TPSA) is 75.7 Å². The molecular formula is C18H12F3N3O2. The lowest BCUT2D eigenvalue weighted by molar-refractivity contribution is -0.191. The number of benzene rings is 2. The SMILES string of the molecule is FC(F)(F)c1ccc(-c2ccc(C=Cc3cn[nH]n3)cc2)cc1.O=C=O. The summed E-state index contributed by atoms with van der Waals surface area (Å²) in [6.45, 7) is 0. The summed E-state index contributed by atoms with van der Waals surface area (Å²) < 4.78 is 37.7. The van der Waals surface area contributed by atoms with Crippen LogP contribution in [0.4, 0.5) is 13.2 Å². The van der Waals surface area contributed by atoms with E-state index in [9.17, 15) is 13.2 Å². The Morgan fingerprint density at radius 1 is 0.885 bits per heavy atom. The number of rotatable bonds is 3. The molecule has 132 valence electrons. The Kier molecular flexibility index (Phi) is 6.19. The Balaban J connectivity index is 0.000000758. The number of hydrogen-bond acceptors (Lipinski definition) is 4. The van der Waals surface area contributed by atoms with Gasteiger partial charge in [-0.2, -0.15) is 38.2 Å². The smallest absolute Gasteiger partial charge is 0.197 e. The van der Waals surface area contributed by atoms with Gasteiger partial charge in [0.25, 0.3) is 0 Å². The molecule has 1 N–H and O–H groups in total. The lowest BCUT2D eigenvalue weighted by Gasteiger charge is -2.08. The van der Waals surface area contributed by atoms with Crippen molar-refractivity contribution < 1.29 is 22.8 Å². The van der Waals surface area contributed by atoms with Crippen molar-refractivity contribution in [2.45, 2.75) is 6.18 Å². The molecule has 0 aliphatic heterocycles. The molecule has 0 saturated carbocycles. The van der Waals surface area contributed by atoms with Crippen LogP contribution < -0.4 is 0 Å². The molecule has 0 bridgehead atoms. The van der Waals surface area contributed by atoms with Crippen molar-refractivity contribution >= 4 is 18.3 Å². The molecule has 0 radical (unpaired) electrons. The van der Waals surface area contributed by atoms with Crippen molar-refractivity contribution in [2.75, 3.05) is 0 Å². The predicted molar refractivity (Wildman–Crippen MR) is 87.2 cm³/mol. The third-order valence-corrected chi connectivity index (χ3v) is 3.34. The number of halogens is 3. The first-order valence-corrected chi connectivity index (χ1v) is 7.25. The zero-order valence-electron chi connectivity index (χ0n) is 13.2. The van der Waals surface area contributed by atoms with Gasteiger partial charge >= 0.3 is 12.3 Å². The number of nitrogens with one attached hydrogen (secondary N) is 1. The zero-order chi connectivity index (χ0) is 19.0. The monoisotopic (exact) mass is 359 g/mol. The van der Waals surface area contributed by atoms with Gasteiger partial charge in [0.15, 0.2) is 0 Å². The molecule has 0 atom stereocenters. The number of aromatic amines is 1. The largest absolute Gasteiger partial charge is 0.416 e. The summed E-state index contributed by atoms with van der Waals surface area (Å²) in [6.07, 6.45) is 1.24. The molecule has 1 heterocycles. The van der Waals surface area contributed by atoms with Gasteiger partial charge in [-0.25, -0.2) is 0 Å². The molecule has 0 fully saturated rings. The van der Waals surface area contributed by atoms with E-state index in [-0.39, 0.29) is 6.15 Å². The van der Waals surface area contributed by atoms with E-state index in [1.807, 2.05) is 36.4 Å². The number of nitrogens with zero attached hydrogens (tertiary/aromatic N) is 2. The second kappa shape index (κ2) is 8.55. The molecule has 0 spiro atoms. The molecule has 8 heteroatoms. The highest BCUT2D eigenvalue weighted by molar-refractivity contribution is 5.71. The fourth-order valence-corrected chi connectivity index (χ4v) is 2.11. The minimum absolute atomic E-state index is 0.250. The van der Waals surface area contributed by atoms with Crippen LogP contribution in [0.15, 0.2) is 54.7 Å². The van der Waals surface area contributed by atoms with E-state index >= 15 is 0 Å². The zero-order valence-corrected chi connectivity index (χ0v) is 13.2. The molecule has 26 heavy (non-hydrogen) atoms. The van der Waals surface area contributed by atoms with E-state index in [4.69, 9.17) is 9.59 Å². The molecule has 0 aliphatic rings. The van der Waals surface area contributed by atoms with Crippen molar-refractivity contribution in [2.24, 2.45) is 0 Å². The summed E-state index contributed by atoms with van der Waals surface area (Å²) in [6, 6.07) is 12.6. The van der Waals surface area contributed by atoms with Gasteiger partial charge in [0.1, 0.15) is 5.69 Å². The molecule has 0 amide bonds. The van der Waals surface area contributed by atoms with Crippen LogP contribution in [0.25, 0.3) is 23.3 Å². The summed E-state index contributed by atoms with van der Waals surface area (Å²) in [5.74, 6) is 0. The number of carbonyl (C=O) groups excluding carboxylic acids is 2. The number of hydrogen-bond donors (Lipinski definition) is 1. The maximum atomic E-state index is 12.6. The standard InChI is InChI=1S/C17H12F3N3.CO2/c18-17(19,20)15-8-6-14(7-9-15)13-4-1-12(2-5-13)3-10-16-11-21-23-22-16;2-1-3/h1-11H,(H,21,22,23);. The van der Waals surface area contributed by atoms with E-state index < -0.39 is 11.7 Å². The molecule has 0 unspecified atom stereocenters. The minimum Gasteiger partial charge on any atom is -0.197 e. The van der Waals surface area contributed by atoms with E-state index in [1.54, 1.807) is 6.20 Å². The first-order chi connectivity index (χ1) is 12.4. The molecule has 0 aliphatic carbocycles. The summed E-state index contributed by atoms with van der Waals surface area (Å²) in [4.78, 5) is 16.2. The Morgan fingerprint density at radius 2 is 1.42 bits per heavy atom. The lowest BCUT2D eigenvalue weighted by Crippen LogP contribution is -2.03. The Morgan fingerprint density at radius 3 is 1.88 bits per heavy atom. The average Bonchev–Trinajstić information content (AvgIpc) is 3.14. The van der Waals surface area contributed by atoms with Gasteiger partial charge in [-0.15, -0.1) is 0 Å². The van der Waals surface area contributed by atoms with Crippen LogP contribution in [0.2, 0.25) is 0 Å². The first kappa shape index (κ1) is 18.8. The normalized spacial score (nSPS) is 10.9. The van der Waals surface area contributed by atoms with Crippen molar-refractivity contribution in [3.8, 4) is 11.1 Å². The summed E-state index contributed by atoms with van der Waals surface area (Å²) in [7, 11) is 0. The van der Waals surface area contributed by atoms with E-state index in [2.05, 4.69) is 15.4 Å². The molecule has 3 aromatic rings. The fourth-order valence-electron chi connectivity index (χ4n) is 2.11. The highest BCUT2D eigenvalue weighted by Crippen LogP contribution is 2.31. The average molecular weight is 359 g/mol. The quantitative estimate of drug-likeness (QED) is 0.765. The minimum atomic E-state index is -4.31. The van der Waals surface area contributed by atoms with Crippen LogP contribution >= 0.6 is 0 Å². The maximum Gasteiger partial charge on any atom is 0.416 e. The van der Waals surface area contributed by atoms with Crippen molar-refractivity contribution in [3.63, 3.8) is 0 Å². The third-order valence-electron chi connectivity index (χ3n) is 3.34. The van der Waals surface area contributed by atoms with Gasteiger partial charge < -0.3 is 0 Å². The highest BCUT2D eigenvalue weighted by atomic mass is 19.4. The van der Waals surface area contributed by atoms with Crippen LogP contribution in [0.1, 0.15) is 16.8 Å². The second-order valence-electron chi connectivity index (χ2n) is 5.01. The molecule has 3 rings (SSSR count). The summed E-state index contributed by atoms with van der Waals surface area (Å²) in [5, 5.41) is 10.1. The molecular weight excluding hydrogens is 347 g/mol. The Bertz CT molecular complexity index is 879. The van der Waals surface area contributed by atoms with Gasteiger partial charge in [-0.05, 0) is 34.9 Å². The van der Waals surface area contributed by atoms with Crippen LogP contribution in [-0.2, 0) is 15.8 Å². The number of aromatic nitrogens is 3. The van der Waals surface area contributed by atoms with Crippen LogP contribution in [0.5, 0.6) is 0 Å². The van der Waals surface area contributed by atoms with Gasteiger partial charge in [0.05, 0.1) is 11.8 Å². The Labute approximate surface area is 146 Å². The van der Waals surface area contributed by atoms with Crippen LogP contribution in [0.3, 0.4) is 0 Å². The summed E-state index contributed by atoms with van der Waals surface area (Å²) >= 11 is 0. The third kappa shape index (κ3) is 5.25. The lowest BCUT2D eigenvalue weighted by atomic mass is 10.0. The molecule has 2 aromatic carbocycles. The van der Waals surface area contributed by atoms with E-state index in [0.29, 0.717) is 0 Å². The number of alkyl halides is 3. The van der Waals surface area contributed by atoms with Gasteiger partial charge in [0.2, 0.25) is 0 Å². The van der Waals surface area contributed by atoms with Crippen molar-refractivity contribution in [1.29, 1.82) is 0 Å². The van der Waals surface area contributed by atoms with Gasteiger partial charge in [0, 0.05) is 0 Å². The molecule has 5 nitrogen and oxygen atoms in total. The molecule has 1 aromatic heterocycles. The van der Waals surface area contributed by atoms with Gasteiger partial charge in [-0.1, -0.05) is 42.5 Å². The van der Waals surface area contributed by atoms with E-state index in [1.165, 1.54) is 12.1 Å². The van der Waals surface area contributed by atoms with Crippen molar-refractivity contribution in [3.05, 3.63) is 71.5 Å². The highest BCUT2D eigenvalue weighted by Gasteiger charge is 2.29. The van der Waals surface area contributed by atoms with Crippen LogP contribution in [-0.4, -0.2) is 21.6 Å². The second-order valence-corrected chi connectivity index (χ2v) is 5.01. The first-order valence-electron chi connectivity index (χ1n) is 7.25. The van der Waals surface area contributed by atoms with E-state index in [0.717, 1.165) is 34.5 Å². The summed E-state index contributed by atoms with van der Waals surface area (Å²) in [5.41, 5.74) is 2.64. The predicted octanol–water partition coefficient (Wildman–Crippen LogP) is 4.08. The van der Waals surface area contributed by atoms with Crippen LogP contribution in [0, 0.1) is 0 Å². The maximum absolute atomic E-state index is 12.6. The van der Waals surface area contributed by atoms with Crippen molar-refractivity contribution in [1.82, 2.24) is 15.4 Å². The van der Waals surface area contributed by atoms with Gasteiger partial charge in [-0.3, -0.25) is 0 Å². The number of H-pyrrole nitrogens is 1. The molecule has 0 saturated heterocycles.